The number of anilines is 1. The molecule has 0 unspecified atom stereocenters. The number of hydrogen-bond donors (Lipinski definition) is 0. The first-order valence-corrected chi connectivity index (χ1v) is 10.5. The van der Waals surface area contributed by atoms with Crippen LogP contribution >= 0.6 is 11.6 Å². The third-order valence-electron chi connectivity index (χ3n) is 5.81. The van der Waals surface area contributed by atoms with Gasteiger partial charge in [0.1, 0.15) is 16.8 Å². The molecular weight excluding hydrogens is 422 g/mol. The third kappa shape index (κ3) is 4.28. The highest BCUT2D eigenvalue weighted by Gasteiger charge is 2.30. The number of aryl methyl sites for hydroxylation is 1. The number of carbonyl (C=O) groups excluding carboxylic acids is 1. The Labute approximate surface area is 184 Å². The zero-order valence-electron chi connectivity index (χ0n) is 17.4. The van der Waals surface area contributed by atoms with Gasteiger partial charge in [-0.3, -0.25) is 4.79 Å². The molecule has 8 heteroatoms. The standard InChI is InChI=1S/C23H23ClF2N4O/c1-15-21(22(24)30(27-15)20-9-5-17(26)6-10-20)23(31)28(2)18-11-13-29(14-12-18)19-7-3-16(25)4-8-19/h3-10,18H,11-14H2,1-2H3. The van der Waals surface area contributed by atoms with Gasteiger partial charge in [0.05, 0.1) is 16.9 Å². The van der Waals surface area contributed by atoms with E-state index in [1.807, 2.05) is 0 Å². The van der Waals surface area contributed by atoms with Crippen molar-refractivity contribution >= 4 is 23.2 Å². The van der Waals surface area contributed by atoms with E-state index in [0.29, 0.717) is 16.9 Å². The number of piperidine rings is 1. The topological polar surface area (TPSA) is 41.4 Å². The zero-order chi connectivity index (χ0) is 22.1. The Hall–Kier alpha value is -2.93. The van der Waals surface area contributed by atoms with Gasteiger partial charge in [-0.1, -0.05) is 11.6 Å². The van der Waals surface area contributed by atoms with Crippen molar-refractivity contribution in [2.24, 2.45) is 0 Å². The molecule has 1 amide bonds. The quantitative estimate of drug-likeness (QED) is 0.577. The van der Waals surface area contributed by atoms with Crippen molar-refractivity contribution in [1.82, 2.24) is 14.7 Å². The molecule has 0 saturated carbocycles. The number of carbonyl (C=O) groups is 1. The molecule has 0 aliphatic carbocycles. The fourth-order valence-electron chi connectivity index (χ4n) is 4.00. The Kier molecular flexibility index (Phi) is 5.96. The Balaban J connectivity index is 1.47. The third-order valence-corrected chi connectivity index (χ3v) is 6.16. The maximum Gasteiger partial charge on any atom is 0.258 e. The smallest absolute Gasteiger partial charge is 0.258 e. The molecule has 0 bridgehead atoms. The average molecular weight is 445 g/mol. The molecule has 3 aromatic rings. The van der Waals surface area contributed by atoms with Crippen LogP contribution in [0.2, 0.25) is 5.15 Å². The van der Waals surface area contributed by atoms with E-state index in [0.717, 1.165) is 31.6 Å². The maximum atomic E-state index is 13.2. The van der Waals surface area contributed by atoms with Gasteiger partial charge in [0.25, 0.3) is 5.91 Å². The highest BCUT2D eigenvalue weighted by molar-refractivity contribution is 6.33. The molecular formula is C23H23ClF2N4O. The molecule has 4 rings (SSSR count). The number of aromatic nitrogens is 2. The zero-order valence-corrected chi connectivity index (χ0v) is 18.1. The average Bonchev–Trinajstić information content (AvgIpc) is 3.08. The molecule has 0 N–H and O–H groups in total. The van der Waals surface area contributed by atoms with Crippen LogP contribution in [0.25, 0.3) is 5.69 Å². The van der Waals surface area contributed by atoms with E-state index in [4.69, 9.17) is 11.6 Å². The summed E-state index contributed by atoms with van der Waals surface area (Å²) in [6.45, 7) is 3.29. The number of amides is 1. The van der Waals surface area contributed by atoms with Crippen LogP contribution in [0.4, 0.5) is 14.5 Å². The van der Waals surface area contributed by atoms with Crippen LogP contribution in [0.15, 0.2) is 48.5 Å². The normalized spacial score (nSPS) is 14.7. The van der Waals surface area contributed by atoms with E-state index in [1.54, 1.807) is 43.1 Å². The van der Waals surface area contributed by atoms with E-state index >= 15 is 0 Å². The number of halogens is 3. The van der Waals surface area contributed by atoms with Gasteiger partial charge in [-0.2, -0.15) is 5.10 Å². The Morgan fingerprint density at radius 3 is 2.06 bits per heavy atom. The van der Waals surface area contributed by atoms with E-state index < -0.39 is 0 Å². The molecule has 2 aromatic carbocycles. The van der Waals surface area contributed by atoms with Gasteiger partial charge in [0.15, 0.2) is 0 Å². The lowest BCUT2D eigenvalue weighted by Crippen LogP contribution is -2.45. The van der Waals surface area contributed by atoms with Gasteiger partial charge in [0, 0.05) is 31.9 Å². The number of nitrogens with zero attached hydrogens (tertiary/aromatic N) is 4. The number of benzene rings is 2. The molecule has 1 saturated heterocycles. The van der Waals surface area contributed by atoms with E-state index in [2.05, 4.69) is 10.00 Å². The van der Waals surface area contributed by atoms with Crippen LogP contribution in [0.3, 0.4) is 0 Å². The van der Waals surface area contributed by atoms with Gasteiger partial charge in [-0.15, -0.1) is 0 Å². The summed E-state index contributed by atoms with van der Waals surface area (Å²) < 4.78 is 27.9. The molecule has 0 spiro atoms. The van der Waals surface area contributed by atoms with Crippen LogP contribution in [0.5, 0.6) is 0 Å². The molecule has 2 heterocycles. The van der Waals surface area contributed by atoms with Gasteiger partial charge < -0.3 is 9.80 Å². The number of hydrogen-bond acceptors (Lipinski definition) is 3. The number of rotatable bonds is 4. The molecule has 0 atom stereocenters. The van der Waals surface area contributed by atoms with E-state index in [-0.39, 0.29) is 28.7 Å². The van der Waals surface area contributed by atoms with Crippen LogP contribution < -0.4 is 4.90 Å². The monoisotopic (exact) mass is 444 g/mol. The lowest BCUT2D eigenvalue weighted by Gasteiger charge is -2.37. The molecule has 1 aliphatic heterocycles. The van der Waals surface area contributed by atoms with Crippen molar-refractivity contribution in [2.75, 3.05) is 25.0 Å². The Morgan fingerprint density at radius 1 is 1.00 bits per heavy atom. The second-order valence-electron chi connectivity index (χ2n) is 7.75. The Bertz CT molecular complexity index is 1070. The lowest BCUT2D eigenvalue weighted by molar-refractivity contribution is 0.0708. The van der Waals surface area contributed by atoms with Crippen molar-refractivity contribution in [3.05, 3.63) is 76.6 Å². The van der Waals surface area contributed by atoms with Crippen LogP contribution in [-0.2, 0) is 0 Å². The van der Waals surface area contributed by atoms with Crippen molar-refractivity contribution < 1.29 is 13.6 Å². The molecule has 162 valence electrons. The fraction of sp³-hybridized carbons (Fsp3) is 0.304. The Morgan fingerprint density at radius 2 is 1.52 bits per heavy atom. The largest absolute Gasteiger partial charge is 0.371 e. The minimum absolute atomic E-state index is 0.0637. The summed E-state index contributed by atoms with van der Waals surface area (Å²) in [5.41, 5.74) is 2.45. The van der Waals surface area contributed by atoms with E-state index in [1.165, 1.54) is 28.9 Å². The SMILES string of the molecule is Cc1nn(-c2ccc(F)cc2)c(Cl)c1C(=O)N(C)C1CCN(c2ccc(F)cc2)CC1. The summed E-state index contributed by atoms with van der Waals surface area (Å²) in [5.74, 6) is -0.791. The van der Waals surface area contributed by atoms with Gasteiger partial charge in [-0.05, 0) is 68.3 Å². The van der Waals surface area contributed by atoms with Gasteiger partial charge >= 0.3 is 0 Å². The first kappa shape index (κ1) is 21.3. The maximum absolute atomic E-state index is 13.2. The predicted octanol–water partition coefficient (Wildman–Crippen LogP) is 4.85. The summed E-state index contributed by atoms with van der Waals surface area (Å²) in [6.07, 6.45) is 1.59. The molecule has 1 aliphatic rings. The lowest BCUT2D eigenvalue weighted by atomic mass is 10.0. The minimum Gasteiger partial charge on any atom is -0.371 e. The summed E-state index contributed by atoms with van der Waals surface area (Å²) >= 11 is 6.52. The summed E-state index contributed by atoms with van der Waals surface area (Å²) in [4.78, 5) is 17.2. The molecule has 1 fully saturated rings. The van der Waals surface area contributed by atoms with E-state index in [9.17, 15) is 13.6 Å². The summed E-state index contributed by atoms with van der Waals surface area (Å²) in [7, 11) is 1.78. The van der Waals surface area contributed by atoms with Crippen molar-refractivity contribution in [3.8, 4) is 5.69 Å². The second-order valence-corrected chi connectivity index (χ2v) is 8.11. The highest BCUT2D eigenvalue weighted by atomic mass is 35.5. The van der Waals surface area contributed by atoms with Crippen LogP contribution in [-0.4, -0.2) is 46.8 Å². The minimum atomic E-state index is -0.355. The predicted molar refractivity (Wildman–Crippen MR) is 117 cm³/mol. The molecule has 5 nitrogen and oxygen atoms in total. The summed E-state index contributed by atoms with van der Waals surface area (Å²) in [5, 5.41) is 4.61. The molecule has 1 aromatic heterocycles. The molecule has 0 radical (unpaired) electrons. The van der Waals surface area contributed by atoms with Crippen molar-refractivity contribution in [2.45, 2.75) is 25.8 Å². The van der Waals surface area contributed by atoms with Gasteiger partial charge in [-0.25, -0.2) is 13.5 Å². The molecule has 31 heavy (non-hydrogen) atoms. The highest BCUT2D eigenvalue weighted by Crippen LogP contribution is 2.28. The second kappa shape index (κ2) is 8.67. The first-order chi connectivity index (χ1) is 14.8. The van der Waals surface area contributed by atoms with Crippen LogP contribution in [0.1, 0.15) is 28.9 Å². The van der Waals surface area contributed by atoms with Gasteiger partial charge in [0.2, 0.25) is 0 Å². The summed E-state index contributed by atoms with van der Waals surface area (Å²) in [6, 6.07) is 12.3. The first-order valence-electron chi connectivity index (χ1n) is 10.1. The fourth-order valence-corrected chi connectivity index (χ4v) is 4.35. The van der Waals surface area contributed by atoms with Crippen molar-refractivity contribution in [3.63, 3.8) is 0 Å². The van der Waals surface area contributed by atoms with Crippen LogP contribution in [0, 0.1) is 18.6 Å². The van der Waals surface area contributed by atoms with Crippen molar-refractivity contribution in [1.29, 1.82) is 0 Å².